The molecule has 1 aliphatic rings. The summed E-state index contributed by atoms with van der Waals surface area (Å²) in [5, 5.41) is 1.09. The molecule has 0 spiro atoms. The van der Waals surface area contributed by atoms with Crippen LogP contribution in [0.1, 0.15) is 12.8 Å². The van der Waals surface area contributed by atoms with Gasteiger partial charge in [-0.1, -0.05) is 11.6 Å². The van der Waals surface area contributed by atoms with Gasteiger partial charge in [0.2, 0.25) is 0 Å². The third-order valence-electron chi connectivity index (χ3n) is 3.15. The smallest absolute Gasteiger partial charge is 0.258 e. The highest BCUT2D eigenvalue weighted by Crippen LogP contribution is 2.28. The minimum absolute atomic E-state index is 0.141. The van der Waals surface area contributed by atoms with Gasteiger partial charge in [0.1, 0.15) is 0 Å². The Hall–Kier alpha value is -1.55. The van der Waals surface area contributed by atoms with Gasteiger partial charge in [-0.25, -0.2) is 4.98 Å². The van der Waals surface area contributed by atoms with E-state index in [0.29, 0.717) is 15.9 Å². The molecule has 0 bridgehead atoms. The molecule has 3 rings (SSSR count). The van der Waals surface area contributed by atoms with E-state index in [0.717, 1.165) is 18.8 Å². The van der Waals surface area contributed by atoms with Gasteiger partial charge in [0, 0.05) is 18.8 Å². The summed E-state index contributed by atoms with van der Waals surface area (Å²) in [6, 6.07) is 3.76. The second-order valence-electron chi connectivity index (χ2n) is 4.25. The Morgan fingerprint density at radius 3 is 2.82 bits per heavy atom. The van der Waals surface area contributed by atoms with Crippen LogP contribution in [0.2, 0.25) is 5.02 Å². The number of anilines is 1. The van der Waals surface area contributed by atoms with Gasteiger partial charge in [-0.15, -0.1) is 0 Å². The predicted octanol–water partition coefficient (Wildman–Crippen LogP) is 2.18. The number of nitrogens with one attached hydrogen (secondary N) is 1. The summed E-state index contributed by atoms with van der Waals surface area (Å²) in [4.78, 5) is 20.7. The van der Waals surface area contributed by atoms with Gasteiger partial charge in [0.15, 0.2) is 0 Å². The number of hydrogen-bond acceptors (Lipinski definition) is 3. The average molecular weight is 250 g/mol. The summed E-state index contributed by atoms with van der Waals surface area (Å²) >= 11 is 6.17. The maximum Gasteiger partial charge on any atom is 0.258 e. The van der Waals surface area contributed by atoms with E-state index in [1.807, 2.05) is 12.1 Å². The molecule has 0 atom stereocenters. The second-order valence-corrected chi connectivity index (χ2v) is 4.66. The van der Waals surface area contributed by atoms with Crippen molar-refractivity contribution in [1.82, 2.24) is 9.97 Å². The molecule has 0 radical (unpaired) electrons. The van der Waals surface area contributed by atoms with Gasteiger partial charge in [-0.05, 0) is 25.0 Å². The lowest BCUT2D eigenvalue weighted by Gasteiger charge is -2.18. The molecule has 1 aliphatic heterocycles. The SMILES string of the molecule is O=c1[nH]cnc2c(Cl)cc(N3CCCC3)cc12. The number of hydrogen-bond donors (Lipinski definition) is 1. The molecule has 1 saturated heterocycles. The first-order chi connectivity index (χ1) is 8.25. The molecule has 0 unspecified atom stereocenters. The number of halogens is 1. The van der Waals surface area contributed by atoms with Gasteiger partial charge in [0.25, 0.3) is 5.56 Å². The third kappa shape index (κ3) is 1.78. The highest BCUT2D eigenvalue weighted by Gasteiger charge is 2.15. The van der Waals surface area contributed by atoms with Crippen molar-refractivity contribution >= 4 is 28.2 Å². The lowest BCUT2D eigenvalue weighted by molar-refractivity contribution is 0.949. The Bertz CT molecular complexity index is 617. The fourth-order valence-electron chi connectivity index (χ4n) is 2.28. The minimum Gasteiger partial charge on any atom is -0.371 e. The van der Waals surface area contributed by atoms with Crippen molar-refractivity contribution in [1.29, 1.82) is 0 Å². The summed E-state index contributed by atoms with van der Waals surface area (Å²) in [7, 11) is 0. The minimum atomic E-state index is -0.141. The van der Waals surface area contributed by atoms with Crippen molar-refractivity contribution in [2.45, 2.75) is 12.8 Å². The van der Waals surface area contributed by atoms with Crippen LogP contribution in [0.4, 0.5) is 5.69 Å². The molecule has 0 saturated carbocycles. The lowest BCUT2D eigenvalue weighted by atomic mass is 10.2. The quantitative estimate of drug-likeness (QED) is 0.843. The van der Waals surface area contributed by atoms with E-state index in [1.165, 1.54) is 19.2 Å². The van der Waals surface area contributed by atoms with E-state index < -0.39 is 0 Å². The topological polar surface area (TPSA) is 49.0 Å². The molecule has 1 N–H and O–H groups in total. The summed E-state index contributed by atoms with van der Waals surface area (Å²) in [5.41, 5.74) is 1.44. The molecule has 2 aromatic rings. The Morgan fingerprint density at radius 2 is 2.06 bits per heavy atom. The molecule has 0 aliphatic carbocycles. The first kappa shape index (κ1) is 10.6. The Morgan fingerprint density at radius 1 is 1.29 bits per heavy atom. The van der Waals surface area contributed by atoms with Crippen LogP contribution in [0, 0.1) is 0 Å². The van der Waals surface area contributed by atoms with Crippen molar-refractivity contribution in [3.8, 4) is 0 Å². The molecule has 2 heterocycles. The van der Waals surface area contributed by atoms with Crippen LogP contribution >= 0.6 is 11.6 Å². The fraction of sp³-hybridized carbons (Fsp3) is 0.333. The number of benzene rings is 1. The normalized spacial score (nSPS) is 15.7. The zero-order valence-electron chi connectivity index (χ0n) is 9.24. The molecule has 88 valence electrons. The van der Waals surface area contributed by atoms with E-state index in [9.17, 15) is 4.79 Å². The lowest BCUT2D eigenvalue weighted by Crippen LogP contribution is -2.18. The zero-order valence-corrected chi connectivity index (χ0v) is 10.00. The van der Waals surface area contributed by atoms with Crippen molar-refractivity contribution in [2.24, 2.45) is 0 Å². The van der Waals surface area contributed by atoms with Crippen molar-refractivity contribution in [2.75, 3.05) is 18.0 Å². The van der Waals surface area contributed by atoms with Crippen LogP contribution < -0.4 is 10.5 Å². The van der Waals surface area contributed by atoms with Crippen LogP contribution in [0.15, 0.2) is 23.3 Å². The highest BCUT2D eigenvalue weighted by atomic mass is 35.5. The Labute approximate surface area is 103 Å². The fourth-order valence-corrected chi connectivity index (χ4v) is 2.54. The van der Waals surface area contributed by atoms with Crippen molar-refractivity contribution in [3.05, 3.63) is 33.8 Å². The predicted molar refractivity (Wildman–Crippen MR) is 68.8 cm³/mol. The van der Waals surface area contributed by atoms with Crippen molar-refractivity contribution in [3.63, 3.8) is 0 Å². The van der Waals surface area contributed by atoms with Crippen LogP contribution in [-0.4, -0.2) is 23.1 Å². The molecule has 17 heavy (non-hydrogen) atoms. The summed E-state index contributed by atoms with van der Waals surface area (Å²) in [5.74, 6) is 0. The van der Waals surface area contributed by atoms with Crippen molar-refractivity contribution < 1.29 is 0 Å². The standard InChI is InChI=1S/C12H12ClN3O/c13-10-6-8(16-3-1-2-4-16)5-9-11(10)14-7-15-12(9)17/h5-7H,1-4H2,(H,14,15,17). The van der Waals surface area contributed by atoms with E-state index in [2.05, 4.69) is 14.9 Å². The highest BCUT2D eigenvalue weighted by molar-refractivity contribution is 6.35. The average Bonchev–Trinajstić information content (AvgIpc) is 2.84. The summed E-state index contributed by atoms with van der Waals surface area (Å²) < 4.78 is 0. The van der Waals surface area contributed by atoms with Crippen LogP contribution in [-0.2, 0) is 0 Å². The molecule has 0 amide bonds. The van der Waals surface area contributed by atoms with E-state index in [1.54, 1.807) is 0 Å². The largest absolute Gasteiger partial charge is 0.371 e. The number of fused-ring (bicyclic) bond motifs is 1. The van der Waals surface area contributed by atoms with Crippen LogP contribution in [0.5, 0.6) is 0 Å². The van der Waals surface area contributed by atoms with E-state index >= 15 is 0 Å². The summed E-state index contributed by atoms with van der Waals surface area (Å²) in [6.45, 7) is 2.06. The molecule has 5 heteroatoms. The van der Waals surface area contributed by atoms with E-state index in [-0.39, 0.29) is 5.56 Å². The molecule has 1 aromatic heterocycles. The number of aromatic amines is 1. The molecule has 1 aromatic carbocycles. The van der Waals surface area contributed by atoms with Gasteiger partial charge in [-0.2, -0.15) is 0 Å². The zero-order chi connectivity index (χ0) is 11.8. The van der Waals surface area contributed by atoms with E-state index in [4.69, 9.17) is 11.6 Å². The number of aromatic nitrogens is 2. The first-order valence-corrected chi connectivity index (χ1v) is 6.05. The van der Waals surface area contributed by atoms with Crippen LogP contribution in [0.3, 0.4) is 0 Å². The number of H-pyrrole nitrogens is 1. The second kappa shape index (κ2) is 4.04. The summed E-state index contributed by atoms with van der Waals surface area (Å²) in [6.07, 6.45) is 3.77. The third-order valence-corrected chi connectivity index (χ3v) is 3.44. The number of rotatable bonds is 1. The monoisotopic (exact) mass is 249 g/mol. The van der Waals surface area contributed by atoms with Gasteiger partial charge in [-0.3, -0.25) is 4.79 Å². The molecular formula is C12H12ClN3O. The Kier molecular flexibility index (Phi) is 2.52. The maximum absolute atomic E-state index is 11.7. The van der Waals surface area contributed by atoms with Gasteiger partial charge >= 0.3 is 0 Å². The van der Waals surface area contributed by atoms with Crippen LogP contribution in [0.25, 0.3) is 10.9 Å². The number of nitrogens with zero attached hydrogens (tertiary/aromatic N) is 2. The van der Waals surface area contributed by atoms with Gasteiger partial charge < -0.3 is 9.88 Å². The Balaban J connectivity index is 2.22. The van der Waals surface area contributed by atoms with Gasteiger partial charge in [0.05, 0.1) is 22.3 Å². The molecular weight excluding hydrogens is 238 g/mol. The first-order valence-electron chi connectivity index (χ1n) is 5.67. The molecule has 4 nitrogen and oxygen atoms in total. The molecule has 1 fully saturated rings. The maximum atomic E-state index is 11.7.